The monoisotopic (exact) mass is 336 g/mol. The van der Waals surface area contributed by atoms with Gasteiger partial charge in [-0.3, -0.25) is 0 Å². The first kappa shape index (κ1) is 20.6. The molecule has 1 unspecified atom stereocenters. The Morgan fingerprint density at radius 2 is 1.45 bits per heavy atom. The van der Waals surface area contributed by atoms with Crippen LogP contribution >= 0.6 is 0 Å². The van der Waals surface area contributed by atoms with Gasteiger partial charge in [0.2, 0.25) is 0 Å². The fourth-order valence-corrected chi connectivity index (χ4v) is 1.19. The zero-order valence-electron chi connectivity index (χ0n) is 12.3. The van der Waals surface area contributed by atoms with Crippen LogP contribution in [0.15, 0.2) is 0 Å². The quantitative estimate of drug-likeness (QED) is 0.457. The molecule has 1 N–H and O–H groups in total. The molecule has 0 bridgehead atoms. The number of hydrogen-bond acceptors (Lipinski definition) is 5. The van der Waals surface area contributed by atoms with Crippen molar-refractivity contribution in [3.05, 3.63) is 0 Å². The van der Waals surface area contributed by atoms with Crippen molar-refractivity contribution >= 4 is 11.9 Å². The van der Waals surface area contributed by atoms with Gasteiger partial charge in [0.25, 0.3) is 0 Å². The van der Waals surface area contributed by atoms with Gasteiger partial charge in [0, 0.05) is 0 Å². The standard InChI is InChI=1S/C12H17F5O5/c1-6(2)5-21-8(18)10(20,9(19)22-7(3)4)11(13,14)12(15,16)17/h6-7,20H,5H2,1-4H3. The molecule has 5 nitrogen and oxygen atoms in total. The van der Waals surface area contributed by atoms with Crippen LogP contribution < -0.4 is 0 Å². The van der Waals surface area contributed by atoms with Crippen molar-refractivity contribution in [2.24, 2.45) is 5.92 Å². The smallest absolute Gasteiger partial charge is 0.457 e. The molecule has 0 saturated heterocycles. The Kier molecular flexibility index (Phi) is 6.31. The van der Waals surface area contributed by atoms with Crippen LogP contribution in [0.4, 0.5) is 22.0 Å². The largest absolute Gasteiger partial charge is 0.463 e. The first-order valence-corrected chi connectivity index (χ1v) is 6.23. The number of alkyl halides is 5. The molecular weight excluding hydrogens is 319 g/mol. The molecule has 0 aliphatic heterocycles. The van der Waals surface area contributed by atoms with Gasteiger partial charge in [-0.25, -0.2) is 9.59 Å². The molecule has 1 atom stereocenters. The van der Waals surface area contributed by atoms with Crippen LogP contribution in [0, 0.1) is 5.92 Å². The number of esters is 2. The molecule has 0 aliphatic rings. The van der Waals surface area contributed by atoms with Crippen LogP contribution in [0.1, 0.15) is 27.7 Å². The number of ether oxygens (including phenoxy) is 2. The van der Waals surface area contributed by atoms with E-state index in [2.05, 4.69) is 9.47 Å². The predicted molar refractivity (Wildman–Crippen MR) is 63.0 cm³/mol. The van der Waals surface area contributed by atoms with Gasteiger partial charge in [0.15, 0.2) is 0 Å². The average molecular weight is 336 g/mol. The van der Waals surface area contributed by atoms with E-state index in [1.165, 1.54) is 13.8 Å². The van der Waals surface area contributed by atoms with E-state index < -0.39 is 48.3 Å². The van der Waals surface area contributed by atoms with Crippen LogP contribution in [0.3, 0.4) is 0 Å². The van der Waals surface area contributed by atoms with Crippen LogP contribution in [0.25, 0.3) is 0 Å². The SMILES string of the molecule is CC(C)COC(=O)C(O)(C(=O)OC(C)C)C(F)(F)C(F)(F)F. The maximum absolute atomic E-state index is 13.5. The van der Waals surface area contributed by atoms with Crippen LogP contribution in [0.5, 0.6) is 0 Å². The number of aliphatic hydroxyl groups is 1. The lowest BCUT2D eigenvalue weighted by atomic mass is 9.94. The van der Waals surface area contributed by atoms with Crippen molar-refractivity contribution in [2.45, 2.75) is 51.5 Å². The molecule has 0 aromatic rings. The molecule has 0 aromatic carbocycles. The molecule has 0 amide bonds. The summed E-state index contributed by atoms with van der Waals surface area (Å²) in [7, 11) is 0. The van der Waals surface area contributed by atoms with Gasteiger partial charge in [-0.2, -0.15) is 22.0 Å². The highest BCUT2D eigenvalue weighted by molar-refractivity contribution is 6.05. The van der Waals surface area contributed by atoms with Gasteiger partial charge in [0.1, 0.15) is 0 Å². The number of carbonyl (C=O) groups excluding carboxylic acids is 2. The van der Waals surface area contributed by atoms with E-state index in [0.717, 1.165) is 13.8 Å². The molecule has 0 fully saturated rings. The Bertz CT molecular complexity index is 419. The molecule has 130 valence electrons. The van der Waals surface area contributed by atoms with Gasteiger partial charge < -0.3 is 14.6 Å². The fourth-order valence-electron chi connectivity index (χ4n) is 1.19. The van der Waals surface area contributed by atoms with E-state index in [1.54, 1.807) is 0 Å². The molecule has 0 spiro atoms. The summed E-state index contributed by atoms with van der Waals surface area (Å²) in [5, 5.41) is 9.55. The van der Waals surface area contributed by atoms with Crippen molar-refractivity contribution in [1.29, 1.82) is 0 Å². The normalized spacial score (nSPS) is 15.6. The molecule has 0 aromatic heterocycles. The second-order valence-corrected chi connectivity index (χ2v) is 5.23. The Morgan fingerprint density at radius 1 is 1.00 bits per heavy atom. The second kappa shape index (κ2) is 6.76. The Morgan fingerprint density at radius 3 is 1.77 bits per heavy atom. The van der Waals surface area contributed by atoms with E-state index >= 15 is 0 Å². The summed E-state index contributed by atoms with van der Waals surface area (Å²) in [6, 6.07) is 0. The second-order valence-electron chi connectivity index (χ2n) is 5.23. The maximum atomic E-state index is 13.5. The lowest BCUT2D eigenvalue weighted by Gasteiger charge is -2.33. The molecule has 0 rings (SSSR count). The van der Waals surface area contributed by atoms with Gasteiger partial charge >= 0.3 is 29.6 Å². The highest BCUT2D eigenvalue weighted by Gasteiger charge is 2.78. The van der Waals surface area contributed by atoms with Crippen LogP contribution in [-0.4, -0.2) is 47.5 Å². The number of hydrogen-bond donors (Lipinski definition) is 1. The van der Waals surface area contributed by atoms with E-state index in [4.69, 9.17) is 0 Å². The van der Waals surface area contributed by atoms with E-state index in [1.807, 2.05) is 0 Å². The first-order valence-electron chi connectivity index (χ1n) is 6.23. The third kappa shape index (κ3) is 4.05. The van der Waals surface area contributed by atoms with Crippen LogP contribution in [0.2, 0.25) is 0 Å². The molecule has 10 heteroatoms. The molecule has 0 aliphatic carbocycles. The van der Waals surface area contributed by atoms with Crippen molar-refractivity contribution in [3.8, 4) is 0 Å². The zero-order valence-corrected chi connectivity index (χ0v) is 12.3. The number of halogens is 5. The minimum atomic E-state index is -6.37. The van der Waals surface area contributed by atoms with Crippen molar-refractivity contribution in [1.82, 2.24) is 0 Å². The minimum absolute atomic E-state index is 0.422. The minimum Gasteiger partial charge on any atom is -0.463 e. The molecule has 0 heterocycles. The molecule has 0 saturated carbocycles. The van der Waals surface area contributed by atoms with E-state index in [0.29, 0.717) is 0 Å². The lowest BCUT2D eigenvalue weighted by Crippen LogP contribution is -2.67. The summed E-state index contributed by atoms with van der Waals surface area (Å²) in [6.45, 7) is 4.67. The molecule has 0 radical (unpaired) electrons. The van der Waals surface area contributed by atoms with Crippen molar-refractivity contribution in [3.63, 3.8) is 0 Å². The predicted octanol–water partition coefficient (Wildman–Crippen LogP) is 2.07. The van der Waals surface area contributed by atoms with Gasteiger partial charge in [-0.05, 0) is 19.8 Å². The zero-order chi connectivity index (χ0) is 17.9. The summed E-state index contributed by atoms with van der Waals surface area (Å²) in [4.78, 5) is 23.0. The molecule has 22 heavy (non-hydrogen) atoms. The van der Waals surface area contributed by atoms with Crippen molar-refractivity contribution in [2.75, 3.05) is 6.61 Å². The Balaban J connectivity index is 5.78. The van der Waals surface area contributed by atoms with Gasteiger partial charge in [0.05, 0.1) is 12.7 Å². The first-order chi connectivity index (χ1) is 9.67. The Labute approximate surface area is 123 Å². The summed E-state index contributed by atoms with van der Waals surface area (Å²) in [5.74, 6) is -11.4. The molecular formula is C12H17F5O5. The highest BCUT2D eigenvalue weighted by atomic mass is 19.4. The highest BCUT2D eigenvalue weighted by Crippen LogP contribution is 2.45. The van der Waals surface area contributed by atoms with Crippen molar-refractivity contribution < 1.29 is 46.1 Å². The third-order valence-corrected chi connectivity index (χ3v) is 2.29. The van der Waals surface area contributed by atoms with E-state index in [9.17, 15) is 36.6 Å². The summed E-state index contributed by atoms with van der Waals surface area (Å²) in [6.07, 6.45) is -7.50. The summed E-state index contributed by atoms with van der Waals surface area (Å²) < 4.78 is 72.7. The van der Waals surface area contributed by atoms with Gasteiger partial charge in [-0.1, -0.05) is 13.8 Å². The topological polar surface area (TPSA) is 72.8 Å². The summed E-state index contributed by atoms with van der Waals surface area (Å²) in [5.41, 5.74) is -4.82. The maximum Gasteiger partial charge on any atom is 0.457 e. The van der Waals surface area contributed by atoms with Gasteiger partial charge in [-0.15, -0.1) is 0 Å². The Hall–Kier alpha value is -1.45. The average Bonchev–Trinajstić information content (AvgIpc) is 2.32. The third-order valence-electron chi connectivity index (χ3n) is 2.29. The lowest BCUT2D eigenvalue weighted by molar-refractivity contribution is -0.333. The summed E-state index contributed by atoms with van der Waals surface area (Å²) >= 11 is 0. The van der Waals surface area contributed by atoms with E-state index in [-0.39, 0.29) is 0 Å². The number of carbonyl (C=O) groups is 2. The number of rotatable bonds is 6. The fraction of sp³-hybridized carbons (Fsp3) is 0.833. The van der Waals surface area contributed by atoms with Crippen LogP contribution in [-0.2, 0) is 19.1 Å².